The molecule has 3 heteroatoms. The van der Waals surface area contributed by atoms with Crippen molar-refractivity contribution in [1.29, 1.82) is 0 Å². The van der Waals surface area contributed by atoms with Crippen LogP contribution in [0.1, 0.15) is 29.7 Å². The van der Waals surface area contributed by atoms with Crippen molar-refractivity contribution in [3.8, 4) is 0 Å². The SMILES string of the molecule is C[C@H](NCc1cn(Cc2ccc(F)cc2)c2ccccc12)c1ccccc1. The van der Waals surface area contributed by atoms with E-state index in [1.54, 1.807) is 0 Å². The first-order chi connectivity index (χ1) is 13.2. The molecule has 0 aliphatic heterocycles. The number of rotatable bonds is 6. The van der Waals surface area contributed by atoms with Crippen molar-refractivity contribution in [2.24, 2.45) is 0 Å². The number of benzene rings is 3. The van der Waals surface area contributed by atoms with Crippen molar-refractivity contribution in [1.82, 2.24) is 9.88 Å². The third kappa shape index (κ3) is 3.93. The average Bonchev–Trinajstić information content (AvgIpc) is 3.06. The van der Waals surface area contributed by atoms with Crippen LogP contribution in [0.15, 0.2) is 85.1 Å². The van der Waals surface area contributed by atoms with Gasteiger partial charge in [0.25, 0.3) is 0 Å². The van der Waals surface area contributed by atoms with Gasteiger partial charge in [0.2, 0.25) is 0 Å². The topological polar surface area (TPSA) is 17.0 Å². The van der Waals surface area contributed by atoms with E-state index in [0.29, 0.717) is 0 Å². The van der Waals surface area contributed by atoms with Gasteiger partial charge in [0, 0.05) is 36.2 Å². The van der Waals surface area contributed by atoms with E-state index in [-0.39, 0.29) is 11.9 Å². The van der Waals surface area contributed by atoms with Crippen LogP contribution in [0.4, 0.5) is 4.39 Å². The van der Waals surface area contributed by atoms with Gasteiger partial charge in [0.1, 0.15) is 5.82 Å². The predicted octanol–water partition coefficient (Wildman–Crippen LogP) is 5.68. The number of nitrogens with one attached hydrogen (secondary N) is 1. The van der Waals surface area contributed by atoms with Crippen LogP contribution in [-0.4, -0.2) is 4.57 Å². The Bertz CT molecular complexity index is 1020. The number of hydrogen-bond acceptors (Lipinski definition) is 1. The molecule has 0 amide bonds. The molecule has 1 aromatic heterocycles. The average molecular weight is 358 g/mol. The lowest BCUT2D eigenvalue weighted by Gasteiger charge is -2.13. The molecule has 0 saturated carbocycles. The van der Waals surface area contributed by atoms with Gasteiger partial charge in [0.15, 0.2) is 0 Å². The van der Waals surface area contributed by atoms with E-state index in [0.717, 1.165) is 18.7 Å². The van der Waals surface area contributed by atoms with Crippen LogP contribution in [0.3, 0.4) is 0 Å². The van der Waals surface area contributed by atoms with Gasteiger partial charge in [-0.25, -0.2) is 4.39 Å². The number of fused-ring (bicyclic) bond motifs is 1. The van der Waals surface area contributed by atoms with Crippen molar-refractivity contribution in [3.05, 3.63) is 108 Å². The lowest BCUT2D eigenvalue weighted by Crippen LogP contribution is -2.17. The number of nitrogens with zero attached hydrogens (tertiary/aromatic N) is 1. The molecule has 0 fully saturated rings. The number of hydrogen-bond donors (Lipinski definition) is 1. The summed E-state index contributed by atoms with van der Waals surface area (Å²) in [6.45, 7) is 3.72. The largest absolute Gasteiger partial charge is 0.343 e. The molecule has 2 nitrogen and oxygen atoms in total. The Morgan fingerprint density at radius 2 is 1.59 bits per heavy atom. The summed E-state index contributed by atoms with van der Waals surface area (Å²) in [7, 11) is 0. The van der Waals surface area contributed by atoms with E-state index in [4.69, 9.17) is 0 Å². The highest BCUT2D eigenvalue weighted by molar-refractivity contribution is 5.84. The Balaban J connectivity index is 1.57. The van der Waals surface area contributed by atoms with E-state index in [2.05, 4.69) is 71.5 Å². The molecule has 3 aromatic carbocycles. The summed E-state index contributed by atoms with van der Waals surface area (Å²) in [5, 5.41) is 4.89. The summed E-state index contributed by atoms with van der Waals surface area (Å²) in [5.41, 5.74) is 4.85. The highest BCUT2D eigenvalue weighted by Crippen LogP contribution is 2.23. The summed E-state index contributed by atoms with van der Waals surface area (Å²) >= 11 is 0. The molecule has 0 spiro atoms. The van der Waals surface area contributed by atoms with Crippen LogP contribution in [0.2, 0.25) is 0 Å². The van der Waals surface area contributed by atoms with Crippen molar-refractivity contribution in [2.75, 3.05) is 0 Å². The second-order valence-corrected chi connectivity index (χ2v) is 6.94. The van der Waals surface area contributed by atoms with E-state index in [9.17, 15) is 4.39 Å². The molecule has 27 heavy (non-hydrogen) atoms. The zero-order valence-electron chi connectivity index (χ0n) is 15.4. The molecular weight excluding hydrogens is 335 g/mol. The van der Waals surface area contributed by atoms with E-state index < -0.39 is 0 Å². The smallest absolute Gasteiger partial charge is 0.123 e. The molecule has 0 radical (unpaired) electrons. The van der Waals surface area contributed by atoms with Crippen LogP contribution in [0.5, 0.6) is 0 Å². The Morgan fingerprint density at radius 3 is 2.37 bits per heavy atom. The second-order valence-electron chi connectivity index (χ2n) is 6.94. The molecule has 0 aliphatic rings. The van der Waals surface area contributed by atoms with E-state index in [1.165, 1.54) is 34.2 Å². The van der Waals surface area contributed by atoms with Gasteiger partial charge >= 0.3 is 0 Å². The second kappa shape index (κ2) is 7.77. The fourth-order valence-electron chi connectivity index (χ4n) is 3.50. The molecule has 1 heterocycles. The van der Waals surface area contributed by atoms with Crippen LogP contribution >= 0.6 is 0 Å². The van der Waals surface area contributed by atoms with Gasteiger partial charge in [-0.3, -0.25) is 0 Å². The number of aromatic nitrogens is 1. The highest BCUT2D eigenvalue weighted by atomic mass is 19.1. The third-order valence-corrected chi connectivity index (χ3v) is 5.04. The normalized spacial score (nSPS) is 12.4. The van der Waals surface area contributed by atoms with Crippen molar-refractivity contribution < 1.29 is 4.39 Å². The molecule has 0 unspecified atom stereocenters. The highest BCUT2D eigenvalue weighted by Gasteiger charge is 2.10. The minimum Gasteiger partial charge on any atom is -0.343 e. The summed E-state index contributed by atoms with van der Waals surface area (Å²) in [5.74, 6) is -0.198. The molecule has 4 aromatic rings. The van der Waals surface area contributed by atoms with E-state index >= 15 is 0 Å². The molecule has 0 saturated heterocycles. The maximum absolute atomic E-state index is 13.2. The van der Waals surface area contributed by atoms with Crippen molar-refractivity contribution in [3.63, 3.8) is 0 Å². The molecule has 1 N–H and O–H groups in total. The standard InChI is InChI=1S/C24H23FN2/c1-18(20-7-3-2-4-8-20)26-15-21-17-27(24-10-6-5-9-23(21)24)16-19-11-13-22(25)14-12-19/h2-14,17-18,26H,15-16H2,1H3/t18-/m0/s1. The molecule has 0 aliphatic carbocycles. The van der Waals surface area contributed by atoms with Crippen molar-refractivity contribution >= 4 is 10.9 Å². The summed E-state index contributed by atoms with van der Waals surface area (Å²) in [6.07, 6.45) is 2.21. The van der Waals surface area contributed by atoms with Gasteiger partial charge < -0.3 is 9.88 Å². The zero-order chi connectivity index (χ0) is 18.6. The molecule has 1 atom stereocenters. The van der Waals surface area contributed by atoms with Crippen LogP contribution < -0.4 is 5.32 Å². The molecule has 4 rings (SSSR count). The Morgan fingerprint density at radius 1 is 0.889 bits per heavy atom. The first kappa shape index (κ1) is 17.5. The summed E-state index contributed by atoms with van der Waals surface area (Å²) < 4.78 is 15.4. The Kier molecular flexibility index (Phi) is 5.03. The summed E-state index contributed by atoms with van der Waals surface area (Å²) in [6, 6.07) is 25.9. The van der Waals surface area contributed by atoms with Crippen LogP contribution in [-0.2, 0) is 13.1 Å². The van der Waals surface area contributed by atoms with E-state index in [1.807, 2.05) is 18.2 Å². The molecular formula is C24H23FN2. The van der Waals surface area contributed by atoms with Gasteiger partial charge in [-0.1, -0.05) is 60.7 Å². The third-order valence-electron chi connectivity index (χ3n) is 5.04. The predicted molar refractivity (Wildman–Crippen MR) is 109 cm³/mol. The van der Waals surface area contributed by atoms with Gasteiger partial charge in [-0.15, -0.1) is 0 Å². The summed E-state index contributed by atoms with van der Waals surface area (Å²) in [4.78, 5) is 0. The number of halogens is 1. The quantitative estimate of drug-likeness (QED) is 0.469. The Hall–Kier alpha value is -2.91. The fraction of sp³-hybridized carbons (Fsp3) is 0.167. The monoisotopic (exact) mass is 358 g/mol. The Labute approximate surface area is 159 Å². The van der Waals surface area contributed by atoms with Crippen molar-refractivity contribution in [2.45, 2.75) is 26.1 Å². The maximum atomic E-state index is 13.2. The number of para-hydroxylation sites is 1. The molecule has 136 valence electrons. The lowest BCUT2D eigenvalue weighted by molar-refractivity contribution is 0.575. The molecule has 0 bridgehead atoms. The van der Waals surface area contributed by atoms with Crippen LogP contribution in [0, 0.1) is 5.82 Å². The van der Waals surface area contributed by atoms with Gasteiger partial charge in [-0.2, -0.15) is 0 Å². The van der Waals surface area contributed by atoms with Gasteiger partial charge in [0.05, 0.1) is 0 Å². The maximum Gasteiger partial charge on any atom is 0.123 e. The fourth-order valence-corrected chi connectivity index (χ4v) is 3.50. The lowest BCUT2D eigenvalue weighted by atomic mass is 10.1. The van der Waals surface area contributed by atoms with Crippen LogP contribution in [0.25, 0.3) is 10.9 Å². The minimum atomic E-state index is -0.198. The van der Waals surface area contributed by atoms with Gasteiger partial charge in [-0.05, 0) is 41.8 Å². The zero-order valence-corrected chi connectivity index (χ0v) is 15.4. The minimum absolute atomic E-state index is 0.198. The first-order valence-electron chi connectivity index (χ1n) is 9.30. The first-order valence-corrected chi connectivity index (χ1v) is 9.30.